The lowest BCUT2D eigenvalue weighted by molar-refractivity contribution is -0.137. The number of halogens is 2. The monoisotopic (exact) mass is 222 g/mol. The van der Waals surface area contributed by atoms with Crippen LogP contribution in [0.15, 0.2) is 0 Å². The molecule has 2 atom stereocenters. The van der Waals surface area contributed by atoms with Crippen LogP contribution in [0.4, 0.5) is 8.78 Å². The number of amides is 1. The molecule has 0 radical (unpaired) electrons. The lowest BCUT2D eigenvalue weighted by atomic mass is 10.0. The summed E-state index contributed by atoms with van der Waals surface area (Å²) in [6.07, 6.45) is -1.81. The average Bonchev–Trinajstić information content (AvgIpc) is 2.14. The fraction of sp³-hybridized carbons (Fsp3) is 0.900. The third kappa shape index (κ3) is 5.06. The molecule has 0 aromatic carbocycles. The van der Waals surface area contributed by atoms with Gasteiger partial charge in [0, 0.05) is 12.6 Å². The standard InChI is InChI=1S/C10H20F2N2O/c1-4-5-14(6-9(11)12)10(15)7(2)8(3)13/h7-9H,4-6,13H2,1-3H3. The van der Waals surface area contributed by atoms with E-state index in [-0.39, 0.29) is 11.9 Å². The molecule has 5 heteroatoms. The fourth-order valence-electron chi connectivity index (χ4n) is 1.24. The van der Waals surface area contributed by atoms with Crippen LogP contribution < -0.4 is 5.73 Å². The molecule has 0 aliphatic rings. The van der Waals surface area contributed by atoms with Crippen LogP contribution >= 0.6 is 0 Å². The highest BCUT2D eigenvalue weighted by Crippen LogP contribution is 2.09. The smallest absolute Gasteiger partial charge is 0.255 e. The molecule has 0 heterocycles. The summed E-state index contributed by atoms with van der Waals surface area (Å²) in [6.45, 7) is 5.09. The van der Waals surface area contributed by atoms with Gasteiger partial charge in [0.15, 0.2) is 0 Å². The lowest BCUT2D eigenvalue weighted by Gasteiger charge is -2.26. The Balaban J connectivity index is 4.40. The summed E-state index contributed by atoms with van der Waals surface area (Å²) in [4.78, 5) is 12.9. The maximum Gasteiger partial charge on any atom is 0.255 e. The number of nitrogens with two attached hydrogens (primary N) is 1. The van der Waals surface area contributed by atoms with Gasteiger partial charge in [0.05, 0.1) is 12.5 Å². The molecule has 2 unspecified atom stereocenters. The number of hydrogen-bond donors (Lipinski definition) is 1. The summed E-state index contributed by atoms with van der Waals surface area (Å²) in [6, 6.07) is -0.311. The van der Waals surface area contributed by atoms with E-state index in [0.717, 1.165) is 0 Å². The van der Waals surface area contributed by atoms with Crippen molar-refractivity contribution < 1.29 is 13.6 Å². The quantitative estimate of drug-likeness (QED) is 0.739. The molecule has 15 heavy (non-hydrogen) atoms. The molecule has 0 saturated heterocycles. The van der Waals surface area contributed by atoms with Gasteiger partial charge in [-0.05, 0) is 13.3 Å². The number of rotatable bonds is 6. The zero-order valence-corrected chi connectivity index (χ0v) is 9.54. The van der Waals surface area contributed by atoms with Gasteiger partial charge in [-0.1, -0.05) is 13.8 Å². The van der Waals surface area contributed by atoms with Crippen LogP contribution in [0.25, 0.3) is 0 Å². The minimum atomic E-state index is -2.49. The van der Waals surface area contributed by atoms with E-state index in [9.17, 15) is 13.6 Å². The van der Waals surface area contributed by atoms with Gasteiger partial charge >= 0.3 is 0 Å². The topological polar surface area (TPSA) is 46.3 Å². The molecule has 3 nitrogen and oxygen atoms in total. The van der Waals surface area contributed by atoms with Gasteiger partial charge < -0.3 is 10.6 Å². The first-order chi connectivity index (χ1) is 6.90. The molecule has 0 fully saturated rings. The first-order valence-electron chi connectivity index (χ1n) is 5.22. The van der Waals surface area contributed by atoms with Crippen molar-refractivity contribution in [3.05, 3.63) is 0 Å². The largest absolute Gasteiger partial charge is 0.337 e. The first kappa shape index (κ1) is 14.3. The van der Waals surface area contributed by atoms with E-state index in [1.54, 1.807) is 13.8 Å². The average molecular weight is 222 g/mol. The van der Waals surface area contributed by atoms with E-state index in [2.05, 4.69) is 0 Å². The number of carbonyl (C=O) groups excluding carboxylic acids is 1. The van der Waals surface area contributed by atoms with Gasteiger partial charge in [-0.2, -0.15) is 0 Å². The minimum Gasteiger partial charge on any atom is -0.337 e. The second-order valence-electron chi connectivity index (χ2n) is 3.82. The molecule has 0 aromatic rings. The highest BCUT2D eigenvalue weighted by molar-refractivity contribution is 5.79. The van der Waals surface area contributed by atoms with Gasteiger partial charge in [-0.3, -0.25) is 4.79 Å². The van der Waals surface area contributed by atoms with E-state index in [1.807, 2.05) is 6.92 Å². The van der Waals surface area contributed by atoms with Crippen molar-refractivity contribution in [2.75, 3.05) is 13.1 Å². The van der Waals surface area contributed by atoms with Crippen LogP contribution in [0, 0.1) is 5.92 Å². The summed E-state index contributed by atoms with van der Waals surface area (Å²) >= 11 is 0. The van der Waals surface area contributed by atoms with Gasteiger partial charge in [0.25, 0.3) is 6.43 Å². The van der Waals surface area contributed by atoms with Crippen molar-refractivity contribution in [2.45, 2.75) is 39.7 Å². The van der Waals surface area contributed by atoms with Crippen molar-refractivity contribution in [3.63, 3.8) is 0 Å². The van der Waals surface area contributed by atoms with Crippen molar-refractivity contribution in [1.29, 1.82) is 0 Å². The molecule has 90 valence electrons. The van der Waals surface area contributed by atoms with E-state index in [0.29, 0.717) is 13.0 Å². The Morgan fingerprint density at radius 1 is 1.40 bits per heavy atom. The van der Waals surface area contributed by atoms with Crippen LogP contribution in [0.1, 0.15) is 27.2 Å². The predicted octanol–water partition coefficient (Wildman–Crippen LogP) is 1.47. The maximum atomic E-state index is 12.2. The Morgan fingerprint density at radius 2 is 1.93 bits per heavy atom. The minimum absolute atomic E-state index is 0.285. The maximum absolute atomic E-state index is 12.2. The zero-order chi connectivity index (χ0) is 12.0. The molecule has 0 rings (SSSR count). The molecule has 0 aliphatic carbocycles. The molecular formula is C10H20F2N2O. The van der Waals surface area contributed by atoms with E-state index in [4.69, 9.17) is 5.73 Å². The predicted molar refractivity (Wildman–Crippen MR) is 55.7 cm³/mol. The van der Waals surface area contributed by atoms with Crippen LogP contribution in [-0.2, 0) is 4.79 Å². The molecular weight excluding hydrogens is 202 g/mol. The molecule has 2 N–H and O–H groups in total. The first-order valence-corrected chi connectivity index (χ1v) is 5.22. The summed E-state index contributed by atoms with van der Waals surface area (Å²) in [5.74, 6) is -0.692. The molecule has 0 saturated carbocycles. The second-order valence-corrected chi connectivity index (χ2v) is 3.82. The Labute approximate surface area is 89.6 Å². The molecule has 1 amide bonds. The Morgan fingerprint density at radius 3 is 2.27 bits per heavy atom. The van der Waals surface area contributed by atoms with Gasteiger partial charge in [-0.25, -0.2) is 8.78 Å². The van der Waals surface area contributed by atoms with Gasteiger partial charge in [0.2, 0.25) is 5.91 Å². The van der Waals surface area contributed by atoms with Crippen molar-refractivity contribution >= 4 is 5.91 Å². The molecule has 0 aromatic heterocycles. The number of nitrogens with zero attached hydrogens (tertiary/aromatic N) is 1. The summed E-state index contributed by atoms with van der Waals surface area (Å²) in [5, 5.41) is 0. The lowest BCUT2D eigenvalue weighted by Crippen LogP contribution is -2.44. The fourth-order valence-corrected chi connectivity index (χ4v) is 1.24. The van der Waals surface area contributed by atoms with Crippen molar-refractivity contribution in [3.8, 4) is 0 Å². The Hall–Kier alpha value is -0.710. The molecule has 0 spiro atoms. The molecule has 0 bridgehead atoms. The van der Waals surface area contributed by atoms with Crippen molar-refractivity contribution in [1.82, 2.24) is 4.90 Å². The number of carbonyl (C=O) groups is 1. The third-order valence-electron chi connectivity index (χ3n) is 2.34. The Kier molecular flexibility index (Phi) is 6.40. The van der Waals surface area contributed by atoms with E-state index >= 15 is 0 Å². The van der Waals surface area contributed by atoms with Crippen LogP contribution in [0.5, 0.6) is 0 Å². The van der Waals surface area contributed by atoms with Crippen LogP contribution in [0.2, 0.25) is 0 Å². The summed E-state index contributed by atoms with van der Waals surface area (Å²) in [7, 11) is 0. The third-order valence-corrected chi connectivity index (χ3v) is 2.34. The van der Waals surface area contributed by atoms with Gasteiger partial charge in [-0.15, -0.1) is 0 Å². The number of hydrogen-bond acceptors (Lipinski definition) is 2. The van der Waals surface area contributed by atoms with E-state index in [1.165, 1.54) is 4.90 Å². The number of alkyl halides is 2. The Bertz CT molecular complexity index is 198. The second kappa shape index (κ2) is 6.71. The normalized spacial score (nSPS) is 15.1. The van der Waals surface area contributed by atoms with Crippen molar-refractivity contribution in [2.24, 2.45) is 11.7 Å². The van der Waals surface area contributed by atoms with E-state index < -0.39 is 18.9 Å². The van der Waals surface area contributed by atoms with Crippen LogP contribution in [0.3, 0.4) is 0 Å². The highest BCUT2D eigenvalue weighted by atomic mass is 19.3. The molecule has 0 aliphatic heterocycles. The highest BCUT2D eigenvalue weighted by Gasteiger charge is 2.24. The van der Waals surface area contributed by atoms with Crippen LogP contribution in [-0.4, -0.2) is 36.4 Å². The van der Waals surface area contributed by atoms with Gasteiger partial charge in [0.1, 0.15) is 0 Å². The zero-order valence-electron chi connectivity index (χ0n) is 9.54. The summed E-state index contributed by atoms with van der Waals surface area (Å²) < 4.78 is 24.4. The SMILES string of the molecule is CCCN(CC(F)F)C(=O)C(C)C(C)N. The summed E-state index contributed by atoms with van der Waals surface area (Å²) in [5.41, 5.74) is 5.57.